The smallest absolute Gasteiger partial charge is 0.303 e. The predicted octanol–water partition coefficient (Wildman–Crippen LogP) is 5.45. The molecule has 0 aliphatic carbocycles. The molecule has 0 bridgehead atoms. The number of carbonyl (C=O) groups excluding carboxylic acids is 1. The van der Waals surface area contributed by atoms with E-state index in [1.54, 1.807) is 0 Å². The van der Waals surface area contributed by atoms with Crippen molar-refractivity contribution in [1.82, 2.24) is 5.32 Å². The highest BCUT2D eigenvalue weighted by molar-refractivity contribution is 5.75. The zero-order valence-electron chi connectivity index (χ0n) is 15.8. The molecule has 0 aromatic heterocycles. The van der Waals surface area contributed by atoms with E-state index in [0.29, 0.717) is 6.42 Å². The van der Waals surface area contributed by atoms with Gasteiger partial charge < -0.3 is 10.4 Å². The van der Waals surface area contributed by atoms with Gasteiger partial charge in [0.1, 0.15) is 0 Å². The van der Waals surface area contributed by atoms with Gasteiger partial charge in [0, 0.05) is 19.4 Å². The number of carbonyl (C=O) groups is 2. The topological polar surface area (TPSA) is 66.4 Å². The molecular weight excluding hydrogens is 302 g/mol. The van der Waals surface area contributed by atoms with Crippen LogP contribution in [0.15, 0.2) is 0 Å². The summed E-state index contributed by atoms with van der Waals surface area (Å²) in [5.74, 6) is -0.525. The molecule has 0 aromatic carbocycles. The first kappa shape index (κ1) is 22.9. The van der Waals surface area contributed by atoms with E-state index in [-0.39, 0.29) is 12.3 Å². The number of aliphatic carboxylic acids is 1. The molecule has 24 heavy (non-hydrogen) atoms. The lowest BCUT2D eigenvalue weighted by Crippen LogP contribution is -2.23. The maximum absolute atomic E-state index is 11.7. The fourth-order valence-corrected chi connectivity index (χ4v) is 2.84. The number of carboxylic acid groups (broad SMARTS) is 1. The monoisotopic (exact) mass is 341 g/mol. The molecule has 0 unspecified atom stereocenters. The maximum Gasteiger partial charge on any atom is 0.303 e. The average Bonchev–Trinajstić information content (AvgIpc) is 2.55. The summed E-state index contributed by atoms with van der Waals surface area (Å²) in [7, 11) is 0. The van der Waals surface area contributed by atoms with E-state index in [2.05, 4.69) is 12.2 Å². The van der Waals surface area contributed by atoms with Crippen LogP contribution < -0.4 is 5.32 Å². The van der Waals surface area contributed by atoms with Crippen LogP contribution in [0.1, 0.15) is 110 Å². The Labute approximate surface area is 148 Å². The lowest BCUT2D eigenvalue weighted by atomic mass is 10.1. The first-order valence-corrected chi connectivity index (χ1v) is 10.1. The van der Waals surface area contributed by atoms with Crippen LogP contribution in [0.2, 0.25) is 0 Å². The fraction of sp³-hybridized carbons (Fsp3) is 0.900. The molecule has 0 saturated heterocycles. The van der Waals surface area contributed by atoms with Crippen molar-refractivity contribution in [3.63, 3.8) is 0 Å². The third kappa shape index (κ3) is 19.0. The maximum atomic E-state index is 11.7. The Morgan fingerprint density at radius 2 is 1.12 bits per heavy atom. The van der Waals surface area contributed by atoms with Crippen LogP contribution in [0, 0.1) is 0 Å². The molecule has 0 aromatic rings. The number of nitrogens with one attached hydrogen (secondary N) is 1. The summed E-state index contributed by atoms with van der Waals surface area (Å²) < 4.78 is 0. The molecule has 1 amide bonds. The SMILES string of the molecule is CCCCCCCCCCCC(=O)NCCCCCCCC(=O)O. The van der Waals surface area contributed by atoms with Crippen molar-refractivity contribution in [2.45, 2.75) is 110 Å². The molecular formula is C20H39NO3. The number of rotatable bonds is 18. The molecule has 0 aliphatic heterocycles. The summed E-state index contributed by atoms with van der Waals surface area (Å²) in [5, 5.41) is 11.5. The molecule has 2 N–H and O–H groups in total. The molecule has 0 aliphatic rings. The summed E-state index contributed by atoms with van der Waals surface area (Å²) in [6.07, 6.45) is 17.3. The van der Waals surface area contributed by atoms with E-state index in [1.165, 1.54) is 51.4 Å². The lowest BCUT2D eigenvalue weighted by Gasteiger charge is -2.05. The van der Waals surface area contributed by atoms with Crippen molar-refractivity contribution >= 4 is 11.9 Å². The summed E-state index contributed by atoms with van der Waals surface area (Å²) in [4.78, 5) is 22.0. The van der Waals surface area contributed by atoms with E-state index in [4.69, 9.17) is 5.11 Å². The van der Waals surface area contributed by atoms with Gasteiger partial charge in [-0.1, -0.05) is 77.6 Å². The van der Waals surface area contributed by atoms with Crippen LogP contribution in [-0.4, -0.2) is 23.5 Å². The average molecular weight is 342 g/mol. The van der Waals surface area contributed by atoms with Gasteiger partial charge in [0.25, 0.3) is 0 Å². The van der Waals surface area contributed by atoms with Crippen molar-refractivity contribution in [3.8, 4) is 0 Å². The minimum absolute atomic E-state index is 0.184. The van der Waals surface area contributed by atoms with Crippen LogP contribution in [-0.2, 0) is 9.59 Å². The molecule has 4 nitrogen and oxygen atoms in total. The second kappa shape index (κ2) is 18.3. The highest BCUT2D eigenvalue weighted by Gasteiger charge is 2.01. The standard InChI is InChI=1S/C20H39NO3/c1-2-3-4-5-6-7-8-10-13-16-19(22)21-18-15-12-9-11-14-17-20(23)24/h2-18H2,1H3,(H,21,22)(H,23,24). The van der Waals surface area contributed by atoms with Gasteiger partial charge in [0.2, 0.25) is 5.91 Å². The molecule has 4 heteroatoms. The van der Waals surface area contributed by atoms with E-state index in [1.807, 2.05) is 0 Å². The summed E-state index contributed by atoms with van der Waals surface area (Å²) in [6, 6.07) is 0. The van der Waals surface area contributed by atoms with Gasteiger partial charge >= 0.3 is 5.97 Å². The number of hydrogen-bond acceptors (Lipinski definition) is 2. The van der Waals surface area contributed by atoms with Gasteiger partial charge in [0.15, 0.2) is 0 Å². The molecule has 0 spiro atoms. The largest absolute Gasteiger partial charge is 0.481 e. The van der Waals surface area contributed by atoms with Crippen LogP contribution in [0.3, 0.4) is 0 Å². The highest BCUT2D eigenvalue weighted by atomic mass is 16.4. The van der Waals surface area contributed by atoms with Gasteiger partial charge in [-0.15, -0.1) is 0 Å². The third-order valence-corrected chi connectivity index (χ3v) is 4.40. The second-order valence-electron chi connectivity index (χ2n) is 6.84. The zero-order valence-corrected chi connectivity index (χ0v) is 15.8. The van der Waals surface area contributed by atoms with Gasteiger partial charge in [0.05, 0.1) is 0 Å². The molecule has 0 heterocycles. The number of carboxylic acids is 1. The minimum atomic E-state index is -0.709. The summed E-state index contributed by atoms with van der Waals surface area (Å²) in [6.45, 7) is 3.00. The highest BCUT2D eigenvalue weighted by Crippen LogP contribution is 2.10. The van der Waals surface area contributed by atoms with Crippen molar-refractivity contribution in [2.75, 3.05) is 6.54 Å². The Kier molecular flexibility index (Phi) is 17.5. The van der Waals surface area contributed by atoms with Crippen LogP contribution in [0.5, 0.6) is 0 Å². The normalized spacial score (nSPS) is 10.7. The van der Waals surface area contributed by atoms with Gasteiger partial charge in [-0.25, -0.2) is 0 Å². The zero-order chi connectivity index (χ0) is 17.9. The number of hydrogen-bond donors (Lipinski definition) is 2. The molecule has 0 rings (SSSR count). The van der Waals surface area contributed by atoms with Crippen LogP contribution in [0.4, 0.5) is 0 Å². The Morgan fingerprint density at radius 1 is 0.667 bits per heavy atom. The van der Waals surface area contributed by atoms with Gasteiger partial charge in [-0.05, 0) is 19.3 Å². The second-order valence-corrected chi connectivity index (χ2v) is 6.84. The summed E-state index contributed by atoms with van der Waals surface area (Å²) >= 11 is 0. The first-order valence-electron chi connectivity index (χ1n) is 10.1. The molecule has 0 fully saturated rings. The van der Waals surface area contributed by atoms with Crippen LogP contribution in [0.25, 0.3) is 0 Å². The van der Waals surface area contributed by atoms with Crippen molar-refractivity contribution in [1.29, 1.82) is 0 Å². The molecule has 0 atom stereocenters. The number of unbranched alkanes of at least 4 members (excludes halogenated alkanes) is 12. The third-order valence-electron chi connectivity index (χ3n) is 4.40. The Balaban J connectivity index is 3.17. The molecule has 0 radical (unpaired) electrons. The minimum Gasteiger partial charge on any atom is -0.481 e. The first-order chi connectivity index (χ1) is 11.7. The quantitative estimate of drug-likeness (QED) is 0.326. The predicted molar refractivity (Wildman–Crippen MR) is 100 cm³/mol. The Bertz CT molecular complexity index is 305. The summed E-state index contributed by atoms with van der Waals surface area (Å²) in [5.41, 5.74) is 0. The van der Waals surface area contributed by atoms with Crippen molar-refractivity contribution < 1.29 is 14.7 Å². The lowest BCUT2D eigenvalue weighted by molar-refractivity contribution is -0.137. The van der Waals surface area contributed by atoms with E-state index < -0.39 is 5.97 Å². The van der Waals surface area contributed by atoms with Crippen molar-refractivity contribution in [2.24, 2.45) is 0 Å². The van der Waals surface area contributed by atoms with Crippen molar-refractivity contribution in [3.05, 3.63) is 0 Å². The van der Waals surface area contributed by atoms with Gasteiger partial charge in [-0.3, -0.25) is 9.59 Å². The molecule has 142 valence electrons. The van der Waals surface area contributed by atoms with E-state index in [0.717, 1.165) is 45.1 Å². The van der Waals surface area contributed by atoms with Crippen LogP contribution >= 0.6 is 0 Å². The Morgan fingerprint density at radius 3 is 1.67 bits per heavy atom. The van der Waals surface area contributed by atoms with E-state index >= 15 is 0 Å². The number of amides is 1. The van der Waals surface area contributed by atoms with E-state index in [9.17, 15) is 9.59 Å². The van der Waals surface area contributed by atoms with Gasteiger partial charge in [-0.2, -0.15) is 0 Å². The fourth-order valence-electron chi connectivity index (χ4n) is 2.84. The Hall–Kier alpha value is -1.06. The molecule has 0 saturated carbocycles.